The van der Waals surface area contributed by atoms with Gasteiger partial charge >= 0.3 is 0 Å². The highest BCUT2D eigenvalue weighted by atomic mass is 19.1. The molecular formula is C17H29FN2. The molecule has 0 radical (unpaired) electrons. The average molecular weight is 280 g/mol. The first-order valence-electron chi connectivity index (χ1n) is 7.74. The minimum atomic E-state index is -0.166. The van der Waals surface area contributed by atoms with Gasteiger partial charge in [-0.15, -0.1) is 0 Å². The van der Waals surface area contributed by atoms with Crippen molar-refractivity contribution >= 4 is 5.69 Å². The van der Waals surface area contributed by atoms with Crippen molar-refractivity contribution in [3.63, 3.8) is 0 Å². The molecule has 2 N–H and O–H groups in total. The van der Waals surface area contributed by atoms with E-state index in [2.05, 4.69) is 25.7 Å². The van der Waals surface area contributed by atoms with Crippen LogP contribution in [0, 0.1) is 12.7 Å². The molecule has 114 valence electrons. The number of halogens is 1. The molecule has 2 unspecified atom stereocenters. The lowest BCUT2D eigenvalue weighted by Gasteiger charge is -2.33. The van der Waals surface area contributed by atoms with Crippen molar-refractivity contribution < 1.29 is 4.39 Å². The highest BCUT2D eigenvalue weighted by Gasteiger charge is 2.19. The zero-order valence-electron chi connectivity index (χ0n) is 13.5. The van der Waals surface area contributed by atoms with Crippen molar-refractivity contribution in [2.75, 3.05) is 11.4 Å². The predicted octanol–water partition coefficient (Wildman–Crippen LogP) is 4.56. The normalized spacial score (nSPS) is 14.2. The summed E-state index contributed by atoms with van der Waals surface area (Å²) >= 11 is 0. The van der Waals surface area contributed by atoms with Crippen LogP contribution in [0.4, 0.5) is 10.1 Å². The van der Waals surface area contributed by atoms with E-state index in [0.29, 0.717) is 11.6 Å². The van der Waals surface area contributed by atoms with Crippen LogP contribution in [-0.2, 0) is 0 Å². The topological polar surface area (TPSA) is 29.3 Å². The van der Waals surface area contributed by atoms with Crippen molar-refractivity contribution in [2.45, 2.75) is 66.0 Å². The van der Waals surface area contributed by atoms with Crippen molar-refractivity contribution in [1.29, 1.82) is 0 Å². The van der Waals surface area contributed by atoms with Gasteiger partial charge in [0, 0.05) is 24.3 Å². The smallest absolute Gasteiger partial charge is 0.126 e. The van der Waals surface area contributed by atoms with Crippen LogP contribution in [0.25, 0.3) is 0 Å². The summed E-state index contributed by atoms with van der Waals surface area (Å²) < 4.78 is 13.8. The van der Waals surface area contributed by atoms with Gasteiger partial charge in [-0.1, -0.05) is 20.3 Å². The lowest BCUT2D eigenvalue weighted by molar-refractivity contribution is 0.584. The SMILES string of the molecule is CCCCN(c1cc(C)c(F)cc1C(C)N)C(C)CC. The Morgan fingerprint density at radius 3 is 2.40 bits per heavy atom. The molecule has 2 atom stereocenters. The first-order valence-corrected chi connectivity index (χ1v) is 7.74. The van der Waals surface area contributed by atoms with Crippen LogP contribution in [0.2, 0.25) is 0 Å². The molecule has 0 aliphatic rings. The third-order valence-electron chi connectivity index (χ3n) is 3.98. The molecule has 0 bridgehead atoms. The maximum Gasteiger partial charge on any atom is 0.126 e. The quantitative estimate of drug-likeness (QED) is 0.793. The van der Waals surface area contributed by atoms with Crippen molar-refractivity contribution in [1.82, 2.24) is 0 Å². The molecule has 0 saturated heterocycles. The summed E-state index contributed by atoms with van der Waals surface area (Å²) in [7, 11) is 0. The van der Waals surface area contributed by atoms with Crippen LogP contribution in [-0.4, -0.2) is 12.6 Å². The predicted molar refractivity (Wildman–Crippen MR) is 85.7 cm³/mol. The lowest BCUT2D eigenvalue weighted by atomic mass is 10.0. The second-order valence-electron chi connectivity index (χ2n) is 5.75. The van der Waals surface area contributed by atoms with Crippen molar-refractivity contribution in [3.8, 4) is 0 Å². The highest BCUT2D eigenvalue weighted by molar-refractivity contribution is 5.57. The molecule has 0 aliphatic heterocycles. The Bertz CT molecular complexity index is 429. The molecule has 0 saturated carbocycles. The van der Waals surface area contributed by atoms with E-state index in [0.717, 1.165) is 37.1 Å². The van der Waals surface area contributed by atoms with E-state index in [1.54, 1.807) is 6.07 Å². The Kier molecular flexibility index (Phi) is 6.47. The standard InChI is InChI=1S/C17H29FN2/c1-6-8-9-20(13(4)7-2)17-10-12(3)16(18)11-15(17)14(5)19/h10-11,13-14H,6-9,19H2,1-5H3. The fourth-order valence-corrected chi connectivity index (χ4v) is 2.42. The van der Waals surface area contributed by atoms with E-state index < -0.39 is 0 Å². The van der Waals surface area contributed by atoms with Gasteiger partial charge in [-0.05, 0) is 56.9 Å². The molecule has 0 aromatic heterocycles. The van der Waals surface area contributed by atoms with Gasteiger partial charge in [-0.2, -0.15) is 0 Å². The van der Waals surface area contributed by atoms with Crippen LogP contribution in [0.5, 0.6) is 0 Å². The van der Waals surface area contributed by atoms with Crippen LogP contribution in [0.15, 0.2) is 12.1 Å². The fraction of sp³-hybridized carbons (Fsp3) is 0.647. The van der Waals surface area contributed by atoms with E-state index in [1.165, 1.54) is 0 Å². The van der Waals surface area contributed by atoms with Gasteiger partial charge in [0.1, 0.15) is 5.82 Å². The van der Waals surface area contributed by atoms with E-state index >= 15 is 0 Å². The van der Waals surface area contributed by atoms with Gasteiger partial charge in [0.25, 0.3) is 0 Å². The molecular weight excluding hydrogens is 251 g/mol. The third-order valence-corrected chi connectivity index (χ3v) is 3.98. The Hall–Kier alpha value is -1.09. The average Bonchev–Trinajstić information content (AvgIpc) is 2.41. The minimum Gasteiger partial charge on any atom is -0.369 e. The number of aryl methyl sites for hydroxylation is 1. The molecule has 1 aromatic rings. The molecule has 0 aliphatic carbocycles. The second kappa shape index (κ2) is 7.63. The highest BCUT2D eigenvalue weighted by Crippen LogP contribution is 2.30. The molecule has 1 aromatic carbocycles. The van der Waals surface area contributed by atoms with E-state index in [9.17, 15) is 4.39 Å². The van der Waals surface area contributed by atoms with Gasteiger partial charge in [-0.3, -0.25) is 0 Å². The van der Waals surface area contributed by atoms with Crippen LogP contribution in [0.1, 0.15) is 64.1 Å². The Labute approximate surface area is 123 Å². The second-order valence-corrected chi connectivity index (χ2v) is 5.75. The number of anilines is 1. The van der Waals surface area contributed by atoms with Crippen molar-refractivity contribution in [3.05, 3.63) is 29.1 Å². The zero-order chi connectivity index (χ0) is 15.3. The summed E-state index contributed by atoms with van der Waals surface area (Å²) in [5.41, 5.74) is 8.74. The minimum absolute atomic E-state index is 0.159. The summed E-state index contributed by atoms with van der Waals surface area (Å²) in [6, 6.07) is 3.84. The van der Waals surface area contributed by atoms with E-state index in [4.69, 9.17) is 5.73 Å². The van der Waals surface area contributed by atoms with Crippen molar-refractivity contribution in [2.24, 2.45) is 5.73 Å². The molecule has 0 heterocycles. The summed E-state index contributed by atoms with van der Waals surface area (Å²) in [5, 5.41) is 0. The van der Waals surface area contributed by atoms with Crippen LogP contribution < -0.4 is 10.6 Å². The fourth-order valence-electron chi connectivity index (χ4n) is 2.42. The molecule has 0 amide bonds. The Morgan fingerprint density at radius 1 is 1.25 bits per heavy atom. The van der Waals surface area contributed by atoms with Gasteiger partial charge in [0.15, 0.2) is 0 Å². The molecule has 0 fully saturated rings. The molecule has 3 heteroatoms. The number of hydrogen-bond donors (Lipinski definition) is 1. The molecule has 20 heavy (non-hydrogen) atoms. The number of nitrogens with two attached hydrogens (primary N) is 1. The van der Waals surface area contributed by atoms with Crippen LogP contribution >= 0.6 is 0 Å². The zero-order valence-corrected chi connectivity index (χ0v) is 13.5. The van der Waals surface area contributed by atoms with Gasteiger partial charge < -0.3 is 10.6 Å². The largest absolute Gasteiger partial charge is 0.369 e. The molecule has 2 nitrogen and oxygen atoms in total. The number of rotatable bonds is 7. The van der Waals surface area contributed by atoms with E-state index in [1.807, 2.05) is 19.9 Å². The Morgan fingerprint density at radius 2 is 1.90 bits per heavy atom. The Balaban J connectivity index is 3.26. The van der Waals surface area contributed by atoms with Gasteiger partial charge in [0.2, 0.25) is 0 Å². The first-order chi connectivity index (χ1) is 9.42. The number of hydrogen-bond acceptors (Lipinski definition) is 2. The molecule has 0 spiro atoms. The summed E-state index contributed by atoms with van der Waals surface area (Å²) in [4.78, 5) is 2.38. The maximum atomic E-state index is 13.8. The lowest BCUT2D eigenvalue weighted by Crippen LogP contribution is -2.35. The summed E-state index contributed by atoms with van der Waals surface area (Å²) in [6.45, 7) is 11.3. The number of nitrogens with zero attached hydrogens (tertiary/aromatic N) is 1. The summed E-state index contributed by atoms with van der Waals surface area (Å²) in [5.74, 6) is -0.166. The first kappa shape index (κ1) is 17.0. The maximum absolute atomic E-state index is 13.8. The number of unbranched alkanes of at least 4 members (excludes halogenated alkanes) is 1. The van der Waals surface area contributed by atoms with E-state index in [-0.39, 0.29) is 11.9 Å². The van der Waals surface area contributed by atoms with Gasteiger partial charge in [-0.25, -0.2) is 4.39 Å². The monoisotopic (exact) mass is 280 g/mol. The molecule has 1 rings (SSSR count). The number of benzene rings is 1. The summed E-state index contributed by atoms with van der Waals surface area (Å²) in [6.07, 6.45) is 3.36. The van der Waals surface area contributed by atoms with Crippen LogP contribution in [0.3, 0.4) is 0 Å². The van der Waals surface area contributed by atoms with Gasteiger partial charge in [0.05, 0.1) is 0 Å². The third kappa shape index (κ3) is 3.95.